The van der Waals surface area contributed by atoms with Crippen LogP contribution in [-0.4, -0.2) is 23.0 Å². The average molecular weight is 361 g/mol. The molecule has 0 fully saturated rings. The van der Waals surface area contributed by atoms with E-state index in [2.05, 4.69) is 30.6 Å². The zero-order valence-electron chi connectivity index (χ0n) is 10.6. The smallest absolute Gasteiger partial charge is 0.416 e. The summed E-state index contributed by atoms with van der Waals surface area (Å²) in [6.45, 7) is 0. The lowest BCUT2D eigenvalue weighted by Gasteiger charge is -2.08. The molecule has 2 rings (SSSR count). The number of halogens is 4. The highest BCUT2D eigenvalue weighted by atomic mass is 79.9. The number of alkyl halides is 3. The number of ether oxygens (including phenoxy) is 1. The fourth-order valence-corrected chi connectivity index (χ4v) is 2.00. The van der Waals surface area contributed by atoms with Crippen molar-refractivity contribution >= 4 is 21.9 Å². The van der Waals surface area contributed by atoms with E-state index in [-0.39, 0.29) is 11.4 Å². The fraction of sp³-hybridized carbons (Fsp3) is 0.154. The van der Waals surface area contributed by atoms with Gasteiger partial charge in [0.25, 0.3) is 0 Å². The van der Waals surface area contributed by atoms with Gasteiger partial charge in [-0.3, -0.25) is 0 Å². The van der Waals surface area contributed by atoms with Gasteiger partial charge in [0.2, 0.25) is 0 Å². The first-order chi connectivity index (χ1) is 9.82. The van der Waals surface area contributed by atoms with Gasteiger partial charge in [0.1, 0.15) is 10.3 Å². The normalized spacial score (nSPS) is 11.3. The molecule has 0 saturated carbocycles. The molecule has 0 N–H and O–H groups in total. The second-order valence-corrected chi connectivity index (χ2v) is 4.71. The summed E-state index contributed by atoms with van der Waals surface area (Å²) in [5.41, 5.74) is -0.144. The molecule has 1 aromatic heterocycles. The van der Waals surface area contributed by atoms with Crippen molar-refractivity contribution in [2.75, 3.05) is 7.11 Å². The number of methoxy groups -OCH3 is 1. The first kappa shape index (κ1) is 15.4. The Morgan fingerprint density at radius 3 is 2.38 bits per heavy atom. The van der Waals surface area contributed by atoms with Crippen molar-refractivity contribution in [3.8, 4) is 11.3 Å². The number of nitrogens with zero attached hydrogens (tertiary/aromatic N) is 2. The quantitative estimate of drug-likeness (QED) is 0.766. The van der Waals surface area contributed by atoms with Gasteiger partial charge in [0.05, 0.1) is 18.9 Å². The number of carbonyl (C=O) groups excluding carboxylic acids is 1. The summed E-state index contributed by atoms with van der Waals surface area (Å²) in [7, 11) is 1.20. The average Bonchev–Trinajstić information content (AvgIpc) is 2.46. The van der Waals surface area contributed by atoms with Crippen LogP contribution in [0.3, 0.4) is 0 Å². The van der Waals surface area contributed by atoms with E-state index in [9.17, 15) is 18.0 Å². The van der Waals surface area contributed by atoms with Crippen molar-refractivity contribution in [1.29, 1.82) is 0 Å². The Hall–Kier alpha value is -1.96. The van der Waals surface area contributed by atoms with Gasteiger partial charge in [-0.15, -0.1) is 0 Å². The van der Waals surface area contributed by atoms with Crippen LogP contribution in [-0.2, 0) is 10.9 Å². The molecule has 0 saturated heterocycles. The molecule has 2 aromatic rings. The molecule has 4 nitrogen and oxygen atoms in total. The van der Waals surface area contributed by atoms with Gasteiger partial charge >= 0.3 is 12.1 Å². The zero-order chi connectivity index (χ0) is 15.6. The third-order valence-electron chi connectivity index (χ3n) is 2.61. The lowest BCUT2D eigenvalue weighted by Crippen LogP contribution is -2.07. The lowest BCUT2D eigenvalue weighted by molar-refractivity contribution is -0.137. The van der Waals surface area contributed by atoms with Crippen molar-refractivity contribution in [1.82, 2.24) is 9.97 Å². The maximum Gasteiger partial charge on any atom is 0.416 e. The first-order valence-electron chi connectivity index (χ1n) is 5.61. The second kappa shape index (κ2) is 5.80. The molecule has 110 valence electrons. The number of rotatable bonds is 2. The number of benzene rings is 1. The Labute approximate surface area is 126 Å². The molecule has 21 heavy (non-hydrogen) atoms. The molecule has 0 spiro atoms. The lowest BCUT2D eigenvalue weighted by atomic mass is 10.1. The molecular weight excluding hydrogens is 353 g/mol. The topological polar surface area (TPSA) is 52.1 Å². The van der Waals surface area contributed by atoms with Crippen LogP contribution in [0.15, 0.2) is 35.1 Å². The molecule has 0 amide bonds. The van der Waals surface area contributed by atoms with Crippen LogP contribution >= 0.6 is 15.9 Å². The van der Waals surface area contributed by atoms with Gasteiger partial charge in [0, 0.05) is 5.56 Å². The van der Waals surface area contributed by atoms with Gasteiger partial charge in [-0.2, -0.15) is 13.2 Å². The Kier molecular flexibility index (Phi) is 4.26. The second-order valence-electron chi connectivity index (χ2n) is 3.96. The SMILES string of the molecule is COC(=O)c1cnc(Br)c(-c2ccc(C(F)(F)F)cc2)n1. The monoisotopic (exact) mass is 360 g/mol. The van der Waals surface area contributed by atoms with E-state index in [4.69, 9.17) is 0 Å². The standard InChI is InChI=1S/C13H8BrF3N2O2/c1-21-12(20)9-6-18-11(14)10(19-9)7-2-4-8(5-3-7)13(15,16)17/h2-6H,1H3. The number of esters is 1. The Balaban J connectivity index is 2.44. The summed E-state index contributed by atoms with van der Waals surface area (Å²) in [6.07, 6.45) is -3.20. The van der Waals surface area contributed by atoms with Crippen molar-refractivity contribution in [2.24, 2.45) is 0 Å². The minimum absolute atomic E-state index is 0.0319. The third kappa shape index (κ3) is 3.38. The van der Waals surface area contributed by atoms with Gasteiger partial charge in [-0.05, 0) is 28.1 Å². The summed E-state index contributed by atoms with van der Waals surface area (Å²) >= 11 is 3.15. The van der Waals surface area contributed by atoms with Crippen molar-refractivity contribution < 1.29 is 22.7 Å². The Bertz CT molecular complexity index is 672. The number of aromatic nitrogens is 2. The maximum absolute atomic E-state index is 12.5. The summed E-state index contributed by atoms with van der Waals surface area (Å²) in [5, 5.41) is 0. The zero-order valence-corrected chi connectivity index (χ0v) is 12.2. The number of hydrogen-bond acceptors (Lipinski definition) is 4. The number of hydrogen-bond donors (Lipinski definition) is 0. The van der Waals surface area contributed by atoms with Crippen molar-refractivity contribution in [3.63, 3.8) is 0 Å². The molecule has 0 aliphatic carbocycles. The fourth-order valence-electron chi connectivity index (χ4n) is 1.58. The predicted octanol–water partition coefficient (Wildman–Crippen LogP) is 3.71. The molecule has 0 aliphatic heterocycles. The van der Waals surface area contributed by atoms with E-state index in [1.807, 2.05) is 0 Å². The van der Waals surface area contributed by atoms with Gasteiger partial charge in [0.15, 0.2) is 5.69 Å². The highest BCUT2D eigenvalue weighted by Gasteiger charge is 2.30. The van der Waals surface area contributed by atoms with Gasteiger partial charge in [-0.1, -0.05) is 12.1 Å². The molecule has 0 aliphatic rings. The Morgan fingerprint density at radius 1 is 1.24 bits per heavy atom. The maximum atomic E-state index is 12.5. The van der Waals surface area contributed by atoms with Crippen LogP contribution in [0.25, 0.3) is 11.3 Å². The summed E-state index contributed by atoms with van der Waals surface area (Å²) < 4.78 is 42.4. The van der Waals surface area contributed by atoms with Gasteiger partial charge < -0.3 is 4.74 Å². The van der Waals surface area contributed by atoms with Crippen LogP contribution in [0.4, 0.5) is 13.2 Å². The highest BCUT2D eigenvalue weighted by Crippen LogP contribution is 2.31. The highest BCUT2D eigenvalue weighted by molar-refractivity contribution is 9.10. The third-order valence-corrected chi connectivity index (χ3v) is 3.19. The summed E-state index contributed by atoms with van der Waals surface area (Å²) in [5.74, 6) is -0.678. The van der Waals surface area contributed by atoms with Gasteiger partial charge in [-0.25, -0.2) is 14.8 Å². The minimum Gasteiger partial charge on any atom is -0.464 e. The molecule has 1 aromatic carbocycles. The van der Waals surface area contributed by atoms with E-state index >= 15 is 0 Å². The number of carbonyl (C=O) groups is 1. The van der Waals surface area contributed by atoms with Crippen LogP contribution in [0, 0.1) is 0 Å². The van der Waals surface area contributed by atoms with E-state index in [1.165, 1.54) is 25.4 Å². The first-order valence-corrected chi connectivity index (χ1v) is 6.40. The molecular formula is C13H8BrF3N2O2. The van der Waals surface area contributed by atoms with E-state index < -0.39 is 17.7 Å². The largest absolute Gasteiger partial charge is 0.464 e. The minimum atomic E-state index is -4.41. The van der Waals surface area contributed by atoms with E-state index in [0.717, 1.165) is 12.1 Å². The predicted molar refractivity (Wildman–Crippen MR) is 71.5 cm³/mol. The molecule has 8 heteroatoms. The van der Waals surface area contributed by atoms with Crippen LogP contribution in [0.2, 0.25) is 0 Å². The summed E-state index contributed by atoms with van der Waals surface area (Å²) in [4.78, 5) is 19.4. The van der Waals surface area contributed by atoms with Crippen LogP contribution in [0.5, 0.6) is 0 Å². The molecule has 1 heterocycles. The van der Waals surface area contributed by atoms with Crippen LogP contribution < -0.4 is 0 Å². The van der Waals surface area contributed by atoms with E-state index in [0.29, 0.717) is 10.2 Å². The molecule has 0 radical (unpaired) electrons. The van der Waals surface area contributed by atoms with Crippen molar-refractivity contribution in [2.45, 2.75) is 6.18 Å². The van der Waals surface area contributed by atoms with E-state index in [1.54, 1.807) is 0 Å². The molecule has 0 atom stereocenters. The van der Waals surface area contributed by atoms with Crippen LogP contribution in [0.1, 0.15) is 16.1 Å². The molecule has 0 unspecified atom stereocenters. The molecule has 0 bridgehead atoms. The Morgan fingerprint density at radius 2 is 1.86 bits per heavy atom. The van der Waals surface area contributed by atoms with Crippen molar-refractivity contribution in [3.05, 3.63) is 46.3 Å². The summed E-state index contributed by atoms with van der Waals surface area (Å²) in [6, 6.07) is 4.40.